The molecule has 0 aromatic carbocycles. The molecule has 0 N–H and O–H groups in total. The third-order valence-corrected chi connectivity index (χ3v) is 7.26. The van der Waals surface area contributed by atoms with Crippen LogP contribution in [-0.4, -0.2) is 25.2 Å². The van der Waals surface area contributed by atoms with Crippen molar-refractivity contribution in [2.45, 2.75) is 51.6 Å². The molecule has 0 bridgehead atoms. The van der Waals surface area contributed by atoms with Gasteiger partial charge in [-0.1, -0.05) is 18.6 Å². The van der Waals surface area contributed by atoms with Gasteiger partial charge in [0.25, 0.3) is 0 Å². The lowest BCUT2D eigenvalue weighted by Crippen LogP contribution is -2.48. The van der Waals surface area contributed by atoms with Crippen LogP contribution in [0.25, 0.3) is 0 Å². The fraction of sp³-hybridized carbons (Fsp3) is 0.700. The summed E-state index contributed by atoms with van der Waals surface area (Å²) in [6.07, 6.45) is 11.7. The molecule has 0 aliphatic heterocycles. The molecular formula is C20H26O4. The van der Waals surface area contributed by atoms with Crippen LogP contribution in [0.4, 0.5) is 4.79 Å². The van der Waals surface area contributed by atoms with Crippen LogP contribution < -0.4 is 0 Å². The normalized spacial score (nSPS) is 43.3. The maximum Gasteiger partial charge on any atom is 0.508 e. The van der Waals surface area contributed by atoms with E-state index in [1.165, 1.54) is 19.1 Å². The number of ether oxygens (including phenoxy) is 2. The Hall–Kier alpha value is -1.58. The Kier molecular flexibility index (Phi) is 3.81. The minimum atomic E-state index is -0.549. The van der Waals surface area contributed by atoms with E-state index in [1.54, 1.807) is 6.08 Å². The molecule has 0 aromatic heterocycles. The zero-order chi connectivity index (χ0) is 16.9. The SMILES string of the molecule is COC(=O)O[C@H]1CC[C@H]2[C@@H]3CCC4=CC(=O)C=C[C@@H]4[C@H]3CC[C@]12C. The largest absolute Gasteiger partial charge is 0.508 e. The molecule has 6 atom stereocenters. The third-order valence-electron chi connectivity index (χ3n) is 7.26. The van der Waals surface area contributed by atoms with Gasteiger partial charge in [-0.3, -0.25) is 4.79 Å². The standard InChI is InChI=1S/C20H26O4/c1-20-10-9-15-14-6-4-13(21)11-12(14)3-5-16(15)17(20)7-8-18(20)24-19(22)23-2/h4,6,11,14-18H,3,5,7-10H2,1-2H3/t14-,15+,16+,17-,18-,20-/m0/s1. The molecule has 0 spiro atoms. The topological polar surface area (TPSA) is 52.6 Å². The van der Waals surface area contributed by atoms with E-state index in [-0.39, 0.29) is 17.3 Å². The first kappa shape index (κ1) is 15.9. The van der Waals surface area contributed by atoms with Gasteiger partial charge in [0, 0.05) is 11.3 Å². The maximum atomic E-state index is 11.7. The van der Waals surface area contributed by atoms with Crippen molar-refractivity contribution in [3.63, 3.8) is 0 Å². The fourth-order valence-corrected chi connectivity index (χ4v) is 6.13. The lowest BCUT2D eigenvalue weighted by Gasteiger charge is -2.52. The summed E-state index contributed by atoms with van der Waals surface area (Å²) in [4.78, 5) is 23.3. The molecule has 4 nitrogen and oxygen atoms in total. The van der Waals surface area contributed by atoms with Crippen molar-refractivity contribution in [1.29, 1.82) is 0 Å². The second-order valence-electron chi connectivity index (χ2n) is 8.16. The van der Waals surface area contributed by atoms with Crippen LogP contribution in [0.5, 0.6) is 0 Å². The highest BCUT2D eigenvalue weighted by Crippen LogP contribution is 2.61. The minimum Gasteiger partial charge on any atom is -0.438 e. The molecule has 4 heteroatoms. The minimum absolute atomic E-state index is 0.0173. The van der Waals surface area contributed by atoms with Crippen LogP contribution in [0.1, 0.15) is 45.4 Å². The molecule has 0 heterocycles. The van der Waals surface area contributed by atoms with Crippen LogP contribution in [0, 0.1) is 29.1 Å². The van der Waals surface area contributed by atoms with E-state index in [1.807, 2.05) is 6.08 Å². The van der Waals surface area contributed by atoms with Crippen LogP contribution in [0.2, 0.25) is 0 Å². The Morgan fingerprint density at radius 3 is 2.83 bits per heavy atom. The van der Waals surface area contributed by atoms with Crippen molar-refractivity contribution in [1.82, 2.24) is 0 Å². The van der Waals surface area contributed by atoms with Crippen LogP contribution in [0.15, 0.2) is 23.8 Å². The Morgan fingerprint density at radius 1 is 1.21 bits per heavy atom. The molecule has 0 radical (unpaired) electrons. The van der Waals surface area contributed by atoms with E-state index in [0.29, 0.717) is 23.7 Å². The van der Waals surface area contributed by atoms with E-state index < -0.39 is 6.16 Å². The summed E-state index contributed by atoms with van der Waals surface area (Å²) >= 11 is 0. The quantitative estimate of drug-likeness (QED) is 0.681. The Morgan fingerprint density at radius 2 is 2.04 bits per heavy atom. The van der Waals surface area contributed by atoms with Crippen molar-refractivity contribution in [3.8, 4) is 0 Å². The van der Waals surface area contributed by atoms with Crippen molar-refractivity contribution in [2.24, 2.45) is 29.1 Å². The number of hydrogen-bond acceptors (Lipinski definition) is 4. The van der Waals surface area contributed by atoms with Crippen molar-refractivity contribution in [3.05, 3.63) is 23.8 Å². The van der Waals surface area contributed by atoms with Gasteiger partial charge in [0.2, 0.25) is 0 Å². The summed E-state index contributed by atoms with van der Waals surface area (Å²) < 4.78 is 10.3. The second-order valence-corrected chi connectivity index (χ2v) is 8.16. The number of methoxy groups -OCH3 is 1. The summed E-state index contributed by atoms with van der Waals surface area (Å²) in [6.45, 7) is 2.31. The lowest BCUT2D eigenvalue weighted by atomic mass is 9.53. The number of carbonyl (C=O) groups excluding carboxylic acids is 2. The molecule has 4 aliphatic carbocycles. The molecule has 3 saturated carbocycles. The number of carbonyl (C=O) groups is 2. The van der Waals surface area contributed by atoms with Gasteiger partial charge in [-0.15, -0.1) is 0 Å². The average molecular weight is 330 g/mol. The van der Waals surface area contributed by atoms with Gasteiger partial charge in [0.05, 0.1) is 7.11 Å². The van der Waals surface area contributed by atoms with E-state index in [0.717, 1.165) is 32.1 Å². The zero-order valence-electron chi connectivity index (χ0n) is 14.5. The van der Waals surface area contributed by atoms with E-state index in [4.69, 9.17) is 9.47 Å². The van der Waals surface area contributed by atoms with Gasteiger partial charge in [0.1, 0.15) is 6.10 Å². The Bertz CT molecular complexity index is 619. The highest BCUT2D eigenvalue weighted by Gasteiger charge is 2.57. The van der Waals surface area contributed by atoms with Gasteiger partial charge < -0.3 is 9.47 Å². The van der Waals surface area contributed by atoms with E-state index in [2.05, 4.69) is 13.0 Å². The molecule has 130 valence electrons. The van der Waals surface area contributed by atoms with Gasteiger partial charge in [-0.25, -0.2) is 4.79 Å². The number of fused-ring (bicyclic) bond motifs is 5. The Labute approximate surface area is 143 Å². The third kappa shape index (κ3) is 2.34. The lowest BCUT2D eigenvalue weighted by molar-refractivity contribution is -0.110. The predicted molar refractivity (Wildman–Crippen MR) is 89.3 cm³/mol. The van der Waals surface area contributed by atoms with Gasteiger partial charge >= 0.3 is 6.16 Å². The summed E-state index contributed by atoms with van der Waals surface area (Å²) in [7, 11) is 1.37. The first-order chi connectivity index (χ1) is 11.5. The van der Waals surface area contributed by atoms with Crippen LogP contribution >= 0.6 is 0 Å². The number of hydrogen-bond donors (Lipinski definition) is 0. The van der Waals surface area contributed by atoms with Gasteiger partial charge in [0.15, 0.2) is 5.78 Å². The summed E-state index contributed by atoms with van der Waals surface area (Å²) in [5.41, 5.74) is 1.41. The first-order valence-corrected chi connectivity index (χ1v) is 9.20. The van der Waals surface area contributed by atoms with Crippen molar-refractivity contribution < 1.29 is 19.1 Å². The fourth-order valence-electron chi connectivity index (χ4n) is 6.13. The molecule has 3 fully saturated rings. The van der Waals surface area contributed by atoms with E-state index >= 15 is 0 Å². The molecule has 0 aromatic rings. The monoisotopic (exact) mass is 330 g/mol. The second kappa shape index (κ2) is 5.75. The summed E-state index contributed by atoms with van der Waals surface area (Å²) in [5, 5.41) is 0. The highest BCUT2D eigenvalue weighted by atomic mass is 16.7. The molecule has 4 rings (SSSR count). The molecule has 0 unspecified atom stereocenters. The van der Waals surface area contributed by atoms with Crippen LogP contribution in [0.3, 0.4) is 0 Å². The van der Waals surface area contributed by atoms with Crippen molar-refractivity contribution in [2.75, 3.05) is 7.11 Å². The van der Waals surface area contributed by atoms with Crippen LogP contribution in [-0.2, 0) is 14.3 Å². The molecule has 4 aliphatic rings. The molecule has 24 heavy (non-hydrogen) atoms. The van der Waals surface area contributed by atoms with Gasteiger partial charge in [-0.05, 0) is 68.4 Å². The van der Waals surface area contributed by atoms with Gasteiger partial charge in [-0.2, -0.15) is 0 Å². The Balaban J connectivity index is 1.56. The summed E-state index contributed by atoms with van der Waals surface area (Å²) in [6, 6.07) is 0. The first-order valence-electron chi connectivity index (χ1n) is 9.20. The maximum absolute atomic E-state index is 11.7. The highest BCUT2D eigenvalue weighted by molar-refractivity contribution is 6.00. The molecule has 0 saturated heterocycles. The molecule has 0 amide bonds. The predicted octanol–water partition coefficient (Wildman–Crippen LogP) is 4.06. The molecular weight excluding hydrogens is 304 g/mol. The number of ketones is 1. The van der Waals surface area contributed by atoms with Crippen molar-refractivity contribution >= 4 is 11.9 Å². The average Bonchev–Trinajstić information content (AvgIpc) is 2.90. The van der Waals surface area contributed by atoms with E-state index in [9.17, 15) is 9.59 Å². The number of rotatable bonds is 1. The smallest absolute Gasteiger partial charge is 0.438 e. The summed E-state index contributed by atoms with van der Waals surface area (Å²) in [5.74, 6) is 2.53. The zero-order valence-corrected chi connectivity index (χ0v) is 14.5. The number of allylic oxidation sites excluding steroid dienone is 4.